The molecule has 3 amide bonds. The number of carbonyl (C=O) groups is 3. The lowest BCUT2D eigenvalue weighted by Crippen LogP contribution is -2.35. The minimum Gasteiger partial charge on any atom is -0.486 e. The molecule has 0 saturated carbocycles. The number of carbonyl (C=O) groups excluding carboxylic acids is 2. The monoisotopic (exact) mass is 454 g/mol. The molecule has 0 aromatic heterocycles. The smallest absolute Gasteiger partial charge is 0.329 e. The Morgan fingerprint density at radius 3 is 2.31 bits per heavy atom. The van der Waals surface area contributed by atoms with Crippen LogP contribution in [0.2, 0.25) is 15.1 Å². The molecule has 10 heteroatoms. The van der Waals surface area contributed by atoms with E-state index in [1.807, 2.05) is 0 Å². The van der Waals surface area contributed by atoms with E-state index in [0.717, 1.165) is 5.56 Å². The van der Waals surface area contributed by atoms with Crippen LogP contribution < -0.4 is 10.1 Å². The fourth-order valence-corrected chi connectivity index (χ4v) is 3.29. The van der Waals surface area contributed by atoms with E-state index in [-0.39, 0.29) is 28.1 Å². The molecule has 0 radical (unpaired) electrons. The molecule has 7 nitrogen and oxygen atoms in total. The zero-order valence-electron chi connectivity index (χ0n) is 14.6. The highest BCUT2D eigenvalue weighted by Gasteiger charge is 2.34. The number of hydrogen-bond donors (Lipinski definition) is 2. The van der Waals surface area contributed by atoms with E-state index in [2.05, 4.69) is 5.32 Å². The first-order valence-electron chi connectivity index (χ1n) is 8.17. The largest absolute Gasteiger partial charge is 0.486 e. The van der Waals surface area contributed by atoms with Crippen LogP contribution in [-0.2, 0) is 16.2 Å². The number of hydrogen-bond acceptors (Lipinski definition) is 4. The first-order valence-corrected chi connectivity index (χ1v) is 9.30. The Balaban J connectivity index is 1.77. The summed E-state index contributed by atoms with van der Waals surface area (Å²) in [5.74, 6) is -1.80. The molecule has 1 fully saturated rings. The Labute approximate surface area is 180 Å². The van der Waals surface area contributed by atoms with Crippen LogP contribution in [0.5, 0.6) is 5.75 Å². The van der Waals surface area contributed by atoms with Crippen LogP contribution >= 0.6 is 34.8 Å². The zero-order valence-corrected chi connectivity index (χ0v) is 16.9. The Hall–Kier alpha value is -2.74. The number of benzene rings is 2. The van der Waals surface area contributed by atoms with Gasteiger partial charge in [0, 0.05) is 5.02 Å². The number of ether oxygens (including phenoxy) is 1. The summed E-state index contributed by atoms with van der Waals surface area (Å²) < 4.78 is 5.68. The maximum atomic E-state index is 12.2. The molecule has 3 rings (SSSR count). The third-order valence-corrected chi connectivity index (χ3v) is 4.70. The number of halogens is 3. The minimum atomic E-state index is -1.30. The molecular weight excluding hydrogens is 443 g/mol. The summed E-state index contributed by atoms with van der Waals surface area (Å²) in [5, 5.41) is 12.1. The van der Waals surface area contributed by atoms with E-state index in [0.29, 0.717) is 15.5 Å². The van der Waals surface area contributed by atoms with Crippen LogP contribution in [0.15, 0.2) is 42.1 Å². The van der Waals surface area contributed by atoms with Gasteiger partial charge in [0.05, 0.1) is 10.0 Å². The molecule has 0 unspecified atom stereocenters. The van der Waals surface area contributed by atoms with Gasteiger partial charge in [0.15, 0.2) is 5.75 Å². The SMILES string of the molecule is O=C(O)CN1C(=O)N/C(=C/c2cc(Cl)c(OCc3ccc(Cl)cc3)c(Cl)c2)C1=O. The van der Waals surface area contributed by atoms with Crippen molar-refractivity contribution in [2.45, 2.75) is 6.61 Å². The Bertz CT molecular complexity index is 998. The second-order valence-electron chi connectivity index (χ2n) is 6.00. The van der Waals surface area contributed by atoms with Crippen molar-refractivity contribution in [3.63, 3.8) is 0 Å². The number of aliphatic carboxylic acids is 1. The number of urea groups is 1. The Morgan fingerprint density at radius 2 is 1.72 bits per heavy atom. The van der Waals surface area contributed by atoms with Crippen LogP contribution in [0.25, 0.3) is 6.08 Å². The normalized spacial score (nSPS) is 15.0. The molecule has 29 heavy (non-hydrogen) atoms. The molecule has 0 bridgehead atoms. The first-order chi connectivity index (χ1) is 13.7. The van der Waals surface area contributed by atoms with Crippen molar-refractivity contribution < 1.29 is 24.2 Å². The molecule has 2 aromatic rings. The molecule has 0 atom stereocenters. The first kappa shape index (κ1) is 21.0. The average Bonchev–Trinajstić information content (AvgIpc) is 2.89. The summed E-state index contributed by atoms with van der Waals surface area (Å²) in [6, 6.07) is 9.29. The number of rotatable bonds is 6. The second kappa shape index (κ2) is 8.73. The summed E-state index contributed by atoms with van der Waals surface area (Å²) >= 11 is 18.4. The van der Waals surface area contributed by atoms with Crippen LogP contribution in [-0.4, -0.2) is 34.5 Å². The number of amides is 3. The maximum absolute atomic E-state index is 12.2. The fraction of sp³-hybridized carbons (Fsp3) is 0.105. The molecule has 1 aliphatic rings. The van der Waals surface area contributed by atoms with Gasteiger partial charge in [0.2, 0.25) is 0 Å². The predicted molar refractivity (Wildman–Crippen MR) is 108 cm³/mol. The van der Waals surface area contributed by atoms with E-state index in [1.165, 1.54) is 18.2 Å². The molecule has 1 heterocycles. The van der Waals surface area contributed by atoms with Crippen LogP contribution in [0, 0.1) is 0 Å². The lowest BCUT2D eigenvalue weighted by molar-refractivity contribution is -0.140. The molecule has 0 aliphatic carbocycles. The average molecular weight is 456 g/mol. The summed E-state index contributed by atoms with van der Waals surface area (Å²) in [4.78, 5) is 35.3. The molecule has 150 valence electrons. The Morgan fingerprint density at radius 1 is 1.10 bits per heavy atom. The van der Waals surface area contributed by atoms with Gasteiger partial charge in [-0.15, -0.1) is 0 Å². The standard InChI is InChI=1S/C19H13Cl3N2O5/c20-12-3-1-10(2-4-12)9-29-17-13(21)5-11(6-14(17)22)7-15-18(27)24(8-16(25)26)19(28)23-15/h1-7H,8-9H2,(H,23,28)(H,25,26)/b15-7+. The molecule has 1 saturated heterocycles. The van der Waals surface area contributed by atoms with Crippen molar-refractivity contribution >= 4 is 58.8 Å². The van der Waals surface area contributed by atoms with Crippen LogP contribution in [0.3, 0.4) is 0 Å². The number of nitrogens with one attached hydrogen (secondary N) is 1. The molecule has 2 aromatic carbocycles. The van der Waals surface area contributed by atoms with E-state index in [4.69, 9.17) is 44.6 Å². The topological polar surface area (TPSA) is 95.9 Å². The van der Waals surface area contributed by atoms with Gasteiger partial charge >= 0.3 is 12.0 Å². The maximum Gasteiger partial charge on any atom is 0.329 e. The summed E-state index contributed by atoms with van der Waals surface area (Å²) in [7, 11) is 0. The summed E-state index contributed by atoms with van der Waals surface area (Å²) in [6.07, 6.45) is 1.35. The lowest BCUT2D eigenvalue weighted by atomic mass is 10.1. The summed E-state index contributed by atoms with van der Waals surface area (Å²) in [5.41, 5.74) is 1.21. The van der Waals surface area contributed by atoms with Crippen molar-refractivity contribution in [1.29, 1.82) is 0 Å². The third kappa shape index (κ3) is 5.00. The van der Waals surface area contributed by atoms with Gasteiger partial charge in [-0.25, -0.2) is 9.69 Å². The van der Waals surface area contributed by atoms with Gasteiger partial charge in [-0.2, -0.15) is 0 Å². The molecule has 2 N–H and O–H groups in total. The van der Waals surface area contributed by atoms with Crippen molar-refractivity contribution in [1.82, 2.24) is 10.2 Å². The van der Waals surface area contributed by atoms with Gasteiger partial charge in [-0.1, -0.05) is 46.9 Å². The predicted octanol–water partition coefficient (Wildman–Crippen LogP) is 4.20. The Kier molecular flexibility index (Phi) is 6.32. The highest BCUT2D eigenvalue weighted by Crippen LogP contribution is 2.35. The van der Waals surface area contributed by atoms with Crippen LogP contribution in [0.4, 0.5) is 4.79 Å². The van der Waals surface area contributed by atoms with Crippen LogP contribution in [0.1, 0.15) is 11.1 Å². The molecule has 0 spiro atoms. The van der Waals surface area contributed by atoms with E-state index in [1.54, 1.807) is 24.3 Å². The highest BCUT2D eigenvalue weighted by atomic mass is 35.5. The van der Waals surface area contributed by atoms with Gasteiger partial charge in [-0.05, 0) is 41.5 Å². The molecular formula is C19H13Cl3N2O5. The fourth-order valence-electron chi connectivity index (χ4n) is 2.55. The summed E-state index contributed by atoms with van der Waals surface area (Å²) in [6.45, 7) is -0.517. The van der Waals surface area contributed by atoms with E-state index >= 15 is 0 Å². The molecule has 1 aliphatic heterocycles. The number of carboxylic acids is 1. The van der Waals surface area contributed by atoms with Gasteiger partial charge < -0.3 is 15.2 Å². The quantitative estimate of drug-likeness (QED) is 0.503. The number of imide groups is 1. The second-order valence-corrected chi connectivity index (χ2v) is 7.25. The minimum absolute atomic E-state index is 0.0850. The highest BCUT2D eigenvalue weighted by molar-refractivity contribution is 6.37. The van der Waals surface area contributed by atoms with Gasteiger partial charge in [0.25, 0.3) is 5.91 Å². The van der Waals surface area contributed by atoms with Gasteiger partial charge in [-0.3, -0.25) is 9.59 Å². The van der Waals surface area contributed by atoms with Crippen molar-refractivity contribution in [3.05, 3.63) is 68.3 Å². The van der Waals surface area contributed by atoms with Crippen molar-refractivity contribution in [2.24, 2.45) is 0 Å². The van der Waals surface area contributed by atoms with Crippen molar-refractivity contribution in [3.8, 4) is 5.75 Å². The number of nitrogens with zero attached hydrogens (tertiary/aromatic N) is 1. The zero-order chi connectivity index (χ0) is 21.1. The van der Waals surface area contributed by atoms with Crippen molar-refractivity contribution in [2.75, 3.05) is 6.54 Å². The van der Waals surface area contributed by atoms with E-state index < -0.39 is 24.5 Å². The van der Waals surface area contributed by atoms with E-state index in [9.17, 15) is 14.4 Å². The van der Waals surface area contributed by atoms with Gasteiger partial charge in [0.1, 0.15) is 18.8 Å². The lowest BCUT2D eigenvalue weighted by Gasteiger charge is -2.11. The number of carboxylic acid groups (broad SMARTS) is 1. The third-order valence-electron chi connectivity index (χ3n) is 3.88.